The van der Waals surface area contributed by atoms with Gasteiger partial charge in [0.25, 0.3) is 0 Å². The van der Waals surface area contributed by atoms with Gasteiger partial charge in [-0.05, 0) is 33.2 Å². The van der Waals surface area contributed by atoms with Crippen LogP contribution in [0.4, 0.5) is 0 Å². The van der Waals surface area contributed by atoms with E-state index in [1.807, 2.05) is 31.1 Å². The average molecular weight is 290 g/mol. The van der Waals surface area contributed by atoms with Crippen molar-refractivity contribution in [3.63, 3.8) is 0 Å². The summed E-state index contributed by atoms with van der Waals surface area (Å²) in [6.45, 7) is 1.99. The van der Waals surface area contributed by atoms with Crippen LogP contribution < -0.4 is 5.63 Å². The third-order valence-electron chi connectivity index (χ3n) is 3.08. The van der Waals surface area contributed by atoms with Crippen LogP contribution in [0.25, 0.3) is 0 Å². The maximum absolute atomic E-state index is 11.7. The molecule has 0 saturated carbocycles. The van der Waals surface area contributed by atoms with E-state index in [0.717, 1.165) is 5.76 Å². The number of aromatic hydroxyl groups is 1. The molecule has 0 saturated heterocycles. The Morgan fingerprint density at radius 1 is 1.48 bits per heavy atom. The fourth-order valence-corrected chi connectivity index (χ4v) is 1.96. The first-order valence-electron chi connectivity index (χ1n) is 6.52. The largest absolute Gasteiger partial charge is 0.507 e. The number of hydrogen-bond donors (Lipinski definition) is 1. The highest BCUT2D eigenvalue weighted by molar-refractivity contribution is 5.82. The second-order valence-corrected chi connectivity index (χ2v) is 4.93. The van der Waals surface area contributed by atoms with Crippen LogP contribution >= 0.6 is 0 Å². The highest BCUT2D eigenvalue weighted by Gasteiger charge is 2.16. The van der Waals surface area contributed by atoms with Gasteiger partial charge in [-0.1, -0.05) is 0 Å². The number of furan rings is 1. The summed E-state index contributed by atoms with van der Waals surface area (Å²) >= 11 is 0. The van der Waals surface area contributed by atoms with Crippen molar-refractivity contribution in [3.05, 3.63) is 52.0 Å². The maximum Gasteiger partial charge on any atom is 0.348 e. The predicted octanol–water partition coefficient (Wildman–Crippen LogP) is 1.97. The zero-order chi connectivity index (χ0) is 15.4. The van der Waals surface area contributed by atoms with Crippen molar-refractivity contribution < 1.29 is 13.9 Å². The average Bonchev–Trinajstić information content (AvgIpc) is 2.89. The van der Waals surface area contributed by atoms with Crippen LogP contribution in [0.5, 0.6) is 5.75 Å². The van der Waals surface area contributed by atoms with E-state index in [0.29, 0.717) is 12.3 Å². The highest BCUT2D eigenvalue weighted by atomic mass is 16.4. The highest BCUT2D eigenvalue weighted by Crippen LogP contribution is 2.19. The molecule has 0 fully saturated rings. The molecule has 1 unspecified atom stereocenters. The molecule has 0 aliphatic carbocycles. The Labute approximate surface area is 122 Å². The zero-order valence-corrected chi connectivity index (χ0v) is 12.2. The predicted molar refractivity (Wildman–Crippen MR) is 79.0 cm³/mol. The summed E-state index contributed by atoms with van der Waals surface area (Å²) in [5.74, 6) is 1.01. The zero-order valence-electron chi connectivity index (χ0n) is 12.2. The van der Waals surface area contributed by atoms with E-state index in [4.69, 9.17) is 8.83 Å². The van der Waals surface area contributed by atoms with Gasteiger partial charge >= 0.3 is 5.63 Å². The molecule has 6 heteroatoms. The first-order chi connectivity index (χ1) is 9.99. The lowest BCUT2D eigenvalue weighted by molar-refractivity contribution is 0.265. The van der Waals surface area contributed by atoms with Crippen molar-refractivity contribution >= 4 is 6.21 Å². The van der Waals surface area contributed by atoms with Gasteiger partial charge in [0.05, 0.1) is 18.8 Å². The Hall–Kier alpha value is -2.34. The standard InChI is InChI=1S/C15H18N2O4/c1-10-7-13(18)11(15(19)21-10)8-16-9-12(17(2)3)14-5-4-6-20-14/h4-8,12,18H,9H2,1-3H3. The van der Waals surface area contributed by atoms with Gasteiger partial charge in [0.15, 0.2) is 0 Å². The van der Waals surface area contributed by atoms with E-state index in [2.05, 4.69) is 4.99 Å². The summed E-state index contributed by atoms with van der Waals surface area (Å²) in [4.78, 5) is 17.8. The van der Waals surface area contributed by atoms with Gasteiger partial charge in [-0.2, -0.15) is 0 Å². The lowest BCUT2D eigenvalue weighted by Gasteiger charge is -2.20. The Bertz CT molecular complexity index is 671. The molecule has 0 aliphatic rings. The van der Waals surface area contributed by atoms with Gasteiger partial charge in [0.1, 0.15) is 22.8 Å². The maximum atomic E-state index is 11.7. The van der Waals surface area contributed by atoms with Crippen LogP contribution in [0.2, 0.25) is 0 Å². The molecule has 2 aromatic rings. The summed E-state index contributed by atoms with van der Waals surface area (Å²) in [7, 11) is 3.83. The Morgan fingerprint density at radius 2 is 2.24 bits per heavy atom. The lowest BCUT2D eigenvalue weighted by Crippen LogP contribution is -2.22. The van der Waals surface area contributed by atoms with Crippen molar-refractivity contribution in [1.82, 2.24) is 4.90 Å². The Balaban J connectivity index is 2.17. The number of aryl methyl sites for hydroxylation is 1. The van der Waals surface area contributed by atoms with Crippen LogP contribution in [0, 0.1) is 6.92 Å². The minimum absolute atomic E-state index is 0.0455. The number of likely N-dealkylation sites (N-methyl/N-ethyl adjacent to an activating group) is 1. The van der Waals surface area contributed by atoms with Crippen LogP contribution in [0.1, 0.15) is 23.1 Å². The Kier molecular flexibility index (Phi) is 4.59. The normalized spacial score (nSPS) is 13.1. The van der Waals surface area contributed by atoms with Crippen molar-refractivity contribution in [3.8, 4) is 5.75 Å². The molecular weight excluding hydrogens is 272 g/mol. The van der Waals surface area contributed by atoms with Crippen molar-refractivity contribution in [2.45, 2.75) is 13.0 Å². The molecule has 112 valence electrons. The van der Waals surface area contributed by atoms with E-state index in [-0.39, 0.29) is 17.4 Å². The summed E-state index contributed by atoms with van der Waals surface area (Å²) in [5.41, 5.74) is -0.548. The lowest BCUT2D eigenvalue weighted by atomic mass is 10.2. The SMILES string of the molecule is Cc1cc(O)c(C=NCC(c2ccco2)N(C)C)c(=O)o1. The smallest absolute Gasteiger partial charge is 0.348 e. The summed E-state index contributed by atoms with van der Waals surface area (Å²) < 4.78 is 10.3. The first kappa shape index (κ1) is 15.1. The van der Waals surface area contributed by atoms with Gasteiger partial charge in [0, 0.05) is 12.3 Å². The quantitative estimate of drug-likeness (QED) is 0.852. The summed E-state index contributed by atoms with van der Waals surface area (Å²) in [5, 5.41) is 9.75. The second kappa shape index (κ2) is 6.41. The molecule has 1 atom stereocenters. The molecule has 0 radical (unpaired) electrons. The molecule has 0 spiro atoms. The number of aliphatic imine (C=N–C) groups is 1. The van der Waals surface area contributed by atoms with Gasteiger partial charge in [-0.25, -0.2) is 4.79 Å². The molecule has 0 amide bonds. The van der Waals surface area contributed by atoms with Crippen molar-refractivity contribution in [2.75, 3.05) is 20.6 Å². The van der Waals surface area contributed by atoms with E-state index in [1.54, 1.807) is 13.2 Å². The molecule has 21 heavy (non-hydrogen) atoms. The molecule has 0 bridgehead atoms. The fourth-order valence-electron chi connectivity index (χ4n) is 1.96. The first-order valence-corrected chi connectivity index (χ1v) is 6.52. The number of nitrogens with zero attached hydrogens (tertiary/aromatic N) is 2. The van der Waals surface area contributed by atoms with Crippen LogP contribution in [-0.4, -0.2) is 36.9 Å². The molecule has 2 aromatic heterocycles. The molecule has 2 rings (SSSR count). The van der Waals surface area contributed by atoms with Crippen LogP contribution in [-0.2, 0) is 0 Å². The molecular formula is C15H18N2O4. The van der Waals surface area contributed by atoms with E-state index in [9.17, 15) is 9.90 Å². The monoisotopic (exact) mass is 290 g/mol. The minimum atomic E-state index is -0.601. The van der Waals surface area contributed by atoms with Crippen molar-refractivity contribution in [2.24, 2.45) is 4.99 Å². The third-order valence-corrected chi connectivity index (χ3v) is 3.08. The van der Waals surface area contributed by atoms with E-state index in [1.165, 1.54) is 12.3 Å². The van der Waals surface area contributed by atoms with Gasteiger partial charge in [-0.15, -0.1) is 0 Å². The van der Waals surface area contributed by atoms with Gasteiger partial charge in [-0.3, -0.25) is 9.89 Å². The molecule has 0 aromatic carbocycles. The summed E-state index contributed by atoms with van der Waals surface area (Å²) in [6.07, 6.45) is 2.94. The van der Waals surface area contributed by atoms with E-state index >= 15 is 0 Å². The Morgan fingerprint density at radius 3 is 2.81 bits per heavy atom. The van der Waals surface area contributed by atoms with Crippen LogP contribution in [0.15, 0.2) is 43.1 Å². The van der Waals surface area contributed by atoms with Gasteiger partial charge in [0.2, 0.25) is 0 Å². The van der Waals surface area contributed by atoms with Gasteiger partial charge < -0.3 is 13.9 Å². The number of rotatable bonds is 5. The minimum Gasteiger partial charge on any atom is -0.507 e. The number of hydrogen-bond acceptors (Lipinski definition) is 6. The third kappa shape index (κ3) is 3.61. The van der Waals surface area contributed by atoms with Crippen molar-refractivity contribution in [1.29, 1.82) is 0 Å². The molecule has 6 nitrogen and oxygen atoms in total. The molecule has 1 N–H and O–H groups in total. The molecule has 0 aliphatic heterocycles. The van der Waals surface area contributed by atoms with E-state index < -0.39 is 5.63 Å². The summed E-state index contributed by atoms with van der Waals surface area (Å²) in [6, 6.07) is 5.03. The molecule has 2 heterocycles. The van der Waals surface area contributed by atoms with Crippen LogP contribution in [0.3, 0.4) is 0 Å². The fraction of sp³-hybridized carbons (Fsp3) is 0.333. The second-order valence-electron chi connectivity index (χ2n) is 4.93. The topological polar surface area (TPSA) is 79.2 Å².